The van der Waals surface area contributed by atoms with Crippen LogP contribution >= 0.6 is 23.2 Å². The van der Waals surface area contributed by atoms with E-state index in [4.69, 9.17) is 23.2 Å². The summed E-state index contributed by atoms with van der Waals surface area (Å²) in [6.07, 6.45) is 1.62. The van der Waals surface area contributed by atoms with Crippen molar-refractivity contribution in [3.8, 4) is 0 Å². The fraction of sp³-hybridized carbons (Fsp3) is 0. The summed E-state index contributed by atoms with van der Waals surface area (Å²) in [7, 11) is 0. The SMILES string of the molecule is O=C1c2cc(Cl)c(Cl)cc2C(=O)N1c1cccc2cccnc12. The van der Waals surface area contributed by atoms with Gasteiger partial charge < -0.3 is 0 Å². The number of nitrogens with zero attached hydrogens (tertiary/aromatic N) is 2. The van der Waals surface area contributed by atoms with Crippen molar-refractivity contribution in [2.75, 3.05) is 4.90 Å². The zero-order valence-electron chi connectivity index (χ0n) is 11.6. The molecule has 1 aromatic heterocycles. The third kappa shape index (κ3) is 2.03. The second kappa shape index (κ2) is 5.05. The summed E-state index contributed by atoms with van der Waals surface area (Å²) in [6, 6.07) is 11.9. The average molecular weight is 343 g/mol. The maximum absolute atomic E-state index is 12.7. The maximum Gasteiger partial charge on any atom is 0.266 e. The second-order valence-corrected chi connectivity index (χ2v) is 5.92. The van der Waals surface area contributed by atoms with Crippen LogP contribution in [0.5, 0.6) is 0 Å². The number of imide groups is 1. The molecule has 2 heterocycles. The molecule has 2 aromatic carbocycles. The van der Waals surface area contributed by atoms with E-state index in [2.05, 4.69) is 4.98 Å². The van der Waals surface area contributed by atoms with Gasteiger partial charge in [-0.3, -0.25) is 14.6 Å². The van der Waals surface area contributed by atoms with Crippen molar-refractivity contribution < 1.29 is 9.59 Å². The van der Waals surface area contributed by atoms with Gasteiger partial charge in [-0.25, -0.2) is 4.90 Å². The Labute approximate surface area is 141 Å². The van der Waals surface area contributed by atoms with Crippen LogP contribution in [0.3, 0.4) is 0 Å². The smallest absolute Gasteiger partial charge is 0.266 e. The Kier molecular flexibility index (Phi) is 3.11. The summed E-state index contributed by atoms with van der Waals surface area (Å²) >= 11 is 11.9. The minimum atomic E-state index is -0.429. The molecule has 4 nitrogen and oxygen atoms in total. The number of rotatable bonds is 1. The minimum Gasteiger partial charge on any atom is -0.268 e. The molecule has 0 bridgehead atoms. The predicted molar refractivity (Wildman–Crippen MR) is 89.3 cm³/mol. The van der Waals surface area contributed by atoms with Gasteiger partial charge in [0.05, 0.1) is 32.4 Å². The van der Waals surface area contributed by atoms with E-state index >= 15 is 0 Å². The van der Waals surface area contributed by atoms with Gasteiger partial charge in [0.2, 0.25) is 0 Å². The summed E-state index contributed by atoms with van der Waals surface area (Å²) < 4.78 is 0. The Morgan fingerprint density at radius 2 is 1.48 bits per heavy atom. The van der Waals surface area contributed by atoms with Crippen LogP contribution in [0.15, 0.2) is 48.7 Å². The molecule has 2 amide bonds. The number of para-hydroxylation sites is 1. The largest absolute Gasteiger partial charge is 0.268 e. The fourth-order valence-corrected chi connectivity index (χ4v) is 3.05. The molecule has 0 atom stereocenters. The maximum atomic E-state index is 12.7. The molecule has 0 radical (unpaired) electrons. The number of anilines is 1. The van der Waals surface area contributed by atoms with Gasteiger partial charge in [-0.05, 0) is 24.3 Å². The van der Waals surface area contributed by atoms with Gasteiger partial charge in [-0.1, -0.05) is 41.4 Å². The number of benzene rings is 2. The van der Waals surface area contributed by atoms with Gasteiger partial charge in [0.1, 0.15) is 0 Å². The molecular formula is C17H8Cl2N2O2. The highest BCUT2D eigenvalue weighted by molar-refractivity contribution is 6.44. The van der Waals surface area contributed by atoms with E-state index in [0.29, 0.717) is 11.2 Å². The van der Waals surface area contributed by atoms with E-state index in [1.807, 2.05) is 12.1 Å². The summed E-state index contributed by atoms with van der Waals surface area (Å²) in [6.45, 7) is 0. The van der Waals surface area contributed by atoms with Crippen LogP contribution in [0.1, 0.15) is 20.7 Å². The molecule has 112 valence electrons. The van der Waals surface area contributed by atoms with Gasteiger partial charge in [-0.2, -0.15) is 0 Å². The topological polar surface area (TPSA) is 50.3 Å². The highest BCUT2D eigenvalue weighted by atomic mass is 35.5. The molecule has 1 aliphatic rings. The number of carbonyl (C=O) groups excluding carboxylic acids is 2. The molecule has 3 aromatic rings. The quantitative estimate of drug-likeness (QED) is 0.618. The van der Waals surface area contributed by atoms with Crippen molar-refractivity contribution in [1.82, 2.24) is 4.98 Å². The molecule has 23 heavy (non-hydrogen) atoms. The van der Waals surface area contributed by atoms with E-state index in [1.54, 1.807) is 24.4 Å². The highest BCUT2D eigenvalue weighted by Gasteiger charge is 2.38. The molecule has 0 fully saturated rings. The molecule has 0 spiro atoms. The Bertz CT molecular complexity index is 955. The second-order valence-electron chi connectivity index (χ2n) is 5.11. The predicted octanol–water partition coefficient (Wildman–Crippen LogP) is 4.34. The van der Waals surface area contributed by atoms with Gasteiger partial charge in [-0.15, -0.1) is 0 Å². The lowest BCUT2D eigenvalue weighted by Crippen LogP contribution is -2.29. The summed E-state index contributed by atoms with van der Waals surface area (Å²) in [5.74, 6) is -0.858. The lowest BCUT2D eigenvalue weighted by atomic mass is 10.1. The van der Waals surface area contributed by atoms with Gasteiger partial charge in [0.25, 0.3) is 11.8 Å². The van der Waals surface area contributed by atoms with E-state index in [9.17, 15) is 9.59 Å². The highest BCUT2D eigenvalue weighted by Crippen LogP contribution is 2.35. The van der Waals surface area contributed by atoms with E-state index in [-0.39, 0.29) is 21.2 Å². The van der Waals surface area contributed by atoms with Crippen molar-refractivity contribution in [2.24, 2.45) is 0 Å². The van der Waals surface area contributed by atoms with Crippen LogP contribution in [-0.2, 0) is 0 Å². The fourth-order valence-electron chi connectivity index (χ4n) is 2.72. The van der Waals surface area contributed by atoms with Crippen LogP contribution in [0.4, 0.5) is 5.69 Å². The molecule has 1 aliphatic heterocycles. The number of pyridine rings is 1. The van der Waals surface area contributed by atoms with Crippen LogP contribution in [0.25, 0.3) is 10.9 Å². The van der Waals surface area contributed by atoms with Crippen molar-refractivity contribution in [1.29, 1.82) is 0 Å². The van der Waals surface area contributed by atoms with Gasteiger partial charge in [0.15, 0.2) is 0 Å². The number of amides is 2. The molecule has 4 rings (SSSR count). The zero-order valence-corrected chi connectivity index (χ0v) is 13.1. The number of aromatic nitrogens is 1. The monoisotopic (exact) mass is 342 g/mol. The lowest BCUT2D eigenvalue weighted by Gasteiger charge is -2.15. The zero-order chi connectivity index (χ0) is 16.1. The Morgan fingerprint density at radius 1 is 0.870 bits per heavy atom. The molecule has 6 heteroatoms. The average Bonchev–Trinajstić information content (AvgIpc) is 2.79. The first kappa shape index (κ1) is 14.2. The van der Waals surface area contributed by atoms with Crippen LogP contribution in [0, 0.1) is 0 Å². The Morgan fingerprint density at radius 3 is 2.13 bits per heavy atom. The Balaban J connectivity index is 1.94. The lowest BCUT2D eigenvalue weighted by molar-refractivity contribution is 0.0926. The van der Waals surface area contributed by atoms with Gasteiger partial charge >= 0.3 is 0 Å². The molecule has 0 aliphatic carbocycles. The van der Waals surface area contributed by atoms with E-state index in [0.717, 1.165) is 10.3 Å². The summed E-state index contributed by atoms with van der Waals surface area (Å²) in [4.78, 5) is 30.8. The number of halogens is 2. The normalized spacial score (nSPS) is 13.7. The molecular weight excluding hydrogens is 335 g/mol. The van der Waals surface area contributed by atoms with Crippen molar-refractivity contribution in [3.05, 3.63) is 69.8 Å². The van der Waals surface area contributed by atoms with Gasteiger partial charge in [0, 0.05) is 11.6 Å². The van der Waals surface area contributed by atoms with Crippen molar-refractivity contribution in [3.63, 3.8) is 0 Å². The van der Waals surface area contributed by atoms with Crippen LogP contribution < -0.4 is 4.90 Å². The summed E-state index contributed by atoms with van der Waals surface area (Å²) in [5, 5.41) is 1.33. The first-order valence-corrected chi connectivity index (χ1v) is 7.55. The number of hydrogen-bond acceptors (Lipinski definition) is 3. The standard InChI is InChI=1S/C17H8Cl2N2O2/c18-12-7-10-11(8-13(12)19)17(23)21(16(10)22)14-5-1-3-9-4-2-6-20-15(9)14/h1-8H. The summed E-state index contributed by atoms with van der Waals surface area (Å²) in [5.41, 5.74) is 1.53. The van der Waals surface area contributed by atoms with Crippen LogP contribution in [0.2, 0.25) is 10.0 Å². The first-order chi connectivity index (χ1) is 11.1. The molecule has 0 saturated carbocycles. The van der Waals surface area contributed by atoms with Crippen molar-refractivity contribution >= 4 is 51.6 Å². The number of fused-ring (bicyclic) bond motifs is 2. The molecule has 0 saturated heterocycles. The minimum absolute atomic E-state index is 0.240. The van der Waals surface area contributed by atoms with Crippen LogP contribution in [-0.4, -0.2) is 16.8 Å². The van der Waals surface area contributed by atoms with E-state index < -0.39 is 11.8 Å². The number of carbonyl (C=O) groups is 2. The third-order valence-corrected chi connectivity index (χ3v) is 4.50. The first-order valence-electron chi connectivity index (χ1n) is 6.79. The number of hydrogen-bond donors (Lipinski definition) is 0. The molecule has 0 unspecified atom stereocenters. The van der Waals surface area contributed by atoms with E-state index in [1.165, 1.54) is 12.1 Å². The van der Waals surface area contributed by atoms with Crippen molar-refractivity contribution in [2.45, 2.75) is 0 Å². The third-order valence-electron chi connectivity index (χ3n) is 3.78. The Hall–Kier alpha value is -2.43. The molecule has 0 N–H and O–H groups in total.